The third kappa shape index (κ3) is 3.67. The Morgan fingerprint density at radius 1 is 1.44 bits per heavy atom. The van der Waals surface area contributed by atoms with Gasteiger partial charge in [-0.25, -0.2) is 4.98 Å². The number of rotatable bonds is 4. The van der Waals surface area contributed by atoms with Crippen LogP contribution in [-0.4, -0.2) is 29.4 Å². The lowest BCUT2D eigenvalue weighted by atomic mass is 10.0. The topological polar surface area (TPSA) is 59.2 Å². The minimum absolute atomic E-state index is 0. The number of fused-ring (bicyclic) bond motifs is 1. The van der Waals surface area contributed by atoms with Crippen LogP contribution in [0.2, 0.25) is 0 Å². The van der Waals surface area contributed by atoms with Crippen LogP contribution < -0.4 is 5.73 Å². The first-order valence-corrected chi connectivity index (χ1v) is 6.94. The van der Waals surface area contributed by atoms with Crippen molar-refractivity contribution in [2.75, 3.05) is 13.6 Å². The quantitative estimate of drug-likeness (QED) is 0.919. The number of aromatic nitrogens is 1. The van der Waals surface area contributed by atoms with E-state index in [1.807, 2.05) is 7.05 Å². The highest BCUT2D eigenvalue weighted by molar-refractivity contribution is 7.11. The second-order valence-corrected chi connectivity index (χ2v) is 5.64. The van der Waals surface area contributed by atoms with E-state index in [1.165, 1.54) is 23.4 Å². The summed E-state index contributed by atoms with van der Waals surface area (Å²) in [6.07, 6.45) is 5.20. The molecule has 1 aromatic heterocycles. The summed E-state index contributed by atoms with van der Waals surface area (Å²) in [5.41, 5.74) is 6.64. The number of thiazole rings is 1. The first kappa shape index (κ1) is 15.4. The fraction of sp³-hybridized carbons (Fsp3) is 0.667. The number of hydrogen-bond donors (Lipinski definition) is 1. The Kier molecular flexibility index (Phi) is 6.05. The first-order valence-electron chi connectivity index (χ1n) is 6.12. The van der Waals surface area contributed by atoms with E-state index in [1.54, 1.807) is 16.2 Å². The molecule has 0 saturated heterocycles. The predicted octanol–water partition coefficient (Wildman–Crippen LogP) is 1.75. The summed E-state index contributed by atoms with van der Waals surface area (Å²) >= 11 is 1.76. The molecule has 0 bridgehead atoms. The van der Waals surface area contributed by atoms with Crippen molar-refractivity contribution >= 4 is 29.7 Å². The molecule has 102 valence electrons. The monoisotopic (exact) mass is 289 g/mol. The highest BCUT2D eigenvalue weighted by atomic mass is 35.5. The predicted molar refractivity (Wildman–Crippen MR) is 76.1 cm³/mol. The standard InChI is InChI=1S/C12H19N3OS.ClH/c1-15(12(16)6-7-13)8-11-14-9-4-2-3-5-10(9)17-11;/h2-8,13H2,1H3;1H. The third-order valence-corrected chi connectivity index (χ3v) is 4.19. The van der Waals surface area contributed by atoms with Crippen LogP contribution in [-0.2, 0) is 24.2 Å². The molecular weight excluding hydrogens is 270 g/mol. The molecule has 1 aromatic rings. The zero-order valence-corrected chi connectivity index (χ0v) is 12.3. The number of amides is 1. The summed E-state index contributed by atoms with van der Waals surface area (Å²) in [5, 5.41) is 1.06. The van der Waals surface area contributed by atoms with Crippen molar-refractivity contribution in [3.05, 3.63) is 15.6 Å². The summed E-state index contributed by atoms with van der Waals surface area (Å²) in [6.45, 7) is 1.04. The maximum atomic E-state index is 11.6. The summed E-state index contributed by atoms with van der Waals surface area (Å²) < 4.78 is 0. The van der Waals surface area contributed by atoms with Crippen LogP contribution in [0.1, 0.15) is 34.8 Å². The minimum Gasteiger partial charge on any atom is -0.339 e. The Morgan fingerprint density at radius 3 is 2.83 bits per heavy atom. The van der Waals surface area contributed by atoms with E-state index in [0.29, 0.717) is 19.5 Å². The van der Waals surface area contributed by atoms with Gasteiger partial charge in [0.1, 0.15) is 5.01 Å². The van der Waals surface area contributed by atoms with Crippen molar-refractivity contribution in [2.24, 2.45) is 5.73 Å². The maximum absolute atomic E-state index is 11.6. The molecular formula is C12H20ClN3OS. The van der Waals surface area contributed by atoms with Crippen LogP contribution >= 0.6 is 23.7 Å². The summed E-state index contributed by atoms with van der Waals surface area (Å²) in [4.78, 5) is 19.4. The van der Waals surface area contributed by atoms with Gasteiger partial charge in [0.2, 0.25) is 5.91 Å². The van der Waals surface area contributed by atoms with Gasteiger partial charge in [-0.15, -0.1) is 23.7 Å². The molecule has 0 radical (unpaired) electrons. The normalized spacial score (nSPS) is 13.7. The van der Waals surface area contributed by atoms with Crippen LogP contribution in [0.15, 0.2) is 0 Å². The van der Waals surface area contributed by atoms with Crippen LogP contribution in [0.3, 0.4) is 0 Å². The molecule has 1 amide bonds. The fourth-order valence-corrected chi connectivity index (χ4v) is 3.29. The van der Waals surface area contributed by atoms with E-state index in [0.717, 1.165) is 17.8 Å². The van der Waals surface area contributed by atoms with E-state index in [2.05, 4.69) is 4.98 Å². The van der Waals surface area contributed by atoms with Crippen molar-refractivity contribution in [3.63, 3.8) is 0 Å². The number of aryl methyl sites for hydroxylation is 2. The number of carbonyl (C=O) groups excluding carboxylic acids is 1. The summed E-state index contributed by atoms with van der Waals surface area (Å²) in [7, 11) is 1.82. The highest BCUT2D eigenvalue weighted by Crippen LogP contribution is 2.27. The fourth-order valence-electron chi connectivity index (χ4n) is 2.08. The molecule has 0 aromatic carbocycles. The molecule has 0 spiro atoms. The first-order chi connectivity index (χ1) is 8.20. The van der Waals surface area contributed by atoms with Gasteiger partial charge in [-0.05, 0) is 25.7 Å². The third-order valence-electron chi connectivity index (χ3n) is 3.05. The van der Waals surface area contributed by atoms with E-state index in [4.69, 9.17) is 5.73 Å². The van der Waals surface area contributed by atoms with Crippen molar-refractivity contribution in [1.82, 2.24) is 9.88 Å². The van der Waals surface area contributed by atoms with Crippen molar-refractivity contribution in [2.45, 2.75) is 38.6 Å². The molecule has 0 saturated carbocycles. The number of nitrogens with two attached hydrogens (primary N) is 1. The average molecular weight is 290 g/mol. The maximum Gasteiger partial charge on any atom is 0.223 e. The largest absolute Gasteiger partial charge is 0.339 e. The molecule has 6 heteroatoms. The Hall–Kier alpha value is -0.650. The average Bonchev–Trinajstić information content (AvgIpc) is 2.71. The molecule has 0 atom stereocenters. The van der Waals surface area contributed by atoms with Gasteiger partial charge in [0, 0.05) is 24.9 Å². The van der Waals surface area contributed by atoms with E-state index in [9.17, 15) is 4.79 Å². The van der Waals surface area contributed by atoms with Crippen molar-refractivity contribution < 1.29 is 4.79 Å². The lowest BCUT2D eigenvalue weighted by Crippen LogP contribution is -2.27. The second-order valence-electron chi connectivity index (χ2n) is 4.47. The van der Waals surface area contributed by atoms with Crippen molar-refractivity contribution in [1.29, 1.82) is 0 Å². The Bertz CT molecular complexity index is 385. The van der Waals surface area contributed by atoms with Gasteiger partial charge in [0.05, 0.1) is 12.2 Å². The van der Waals surface area contributed by atoms with Crippen molar-refractivity contribution in [3.8, 4) is 0 Å². The van der Waals surface area contributed by atoms with E-state index in [-0.39, 0.29) is 18.3 Å². The van der Waals surface area contributed by atoms with Gasteiger partial charge in [-0.1, -0.05) is 0 Å². The summed E-state index contributed by atoms with van der Waals surface area (Å²) in [5.74, 6) is 0.0978. The molecule has 2 rings (SSSR count). The van der Waals surface area contributed by atoms with Gasteiger partial charge < -0.3 is 10.6 Å². The van der Waals surface area contributed by atoms with E-state index >= 15 is 0 Å². The SMILES string of the molecule is CN(Cc1nc2c(s1)CCCC2)C(=O)CCN.Cl. The molecule has 0 unspecified atom stereocenters. The van der Waals surface area contributed by atoms with Gasteiger partial charge >= 0.3 is 0 Å². The molecule has 1 aliphatic carbocycles. The molecule has 2 N–H and O–H groups in total. The van der Waals surface area contributed by atoms with E-state index < -0.39 is 0 Å². The Labute approximate surface area is 118 Å². The Balaban J connectivity index is 0.00000162. The molecule has 4 nitrogen and oxygen atoms in total. The van der Waals surface area contributed by atoms with Gasteiger partial charge in [0.25, 0.3) is 0 Å². The smallest absolute Gasteiger partial charge is 0.223 e. The lowest BCUT2D eigenvalue weighted by molar-refractivity contribution is -0.130. The summed E-state index contributed by atoms with van der Waals surface area (Å²) in [6, 6.07) is 0. The number of hydrogen-bond acceptors (Lipinski definition) is 4. The van der Waals surface area contributed by atoms with Crippen LogP contribution in [0, 0.1) is 0 Å². The van der Waals surface area contributed by atoms with Gasteiger partial charge in [-0.3, -0.25) is 4.79 Å². The molecule has 1 aliphatic rings. The number of nitrogens with zero attached hydrogens (tertiary/aromatic N) is 2. The zero-order chi connectivity index (χ0) is 12.3. The van der Waals surface area contributed by atoms with Gasteiger partial charge in [0.15, 0.2) is 0 Å². The lowest BCUT2D eigenvalue weighted by Gasteiger charge is -2.14. The minimum atomic E-state index is 0. The molecule has 0 fully saturated rings. The number of carbonyl (C=O) groups is 1. The molecule has 0 aliphatic heterocycles. The Morgan fingerprint density at radius 2 is 2.17 bits per heavy atom. The highest BCUT2D eigenvalue weighted by Gasteiger charge is 2.17. The zero-order valence-electron chi connectivity index (χ0n) is 10.6. The molecule has 1 heterocycles. The van der Waals surface area contributed by atoms with Crippen LogP contribution in [0.4, 0.5) is 0 Å². The van der Waals surface area contributed by atoms with Crippen LogP contribution in [0.5, 0.6) is 0 Å². The number of halogens is 1. The molecule has 18 heavy (non-hydrogen) atoms. The van der Waals surface area contributed by atoms with Crippen LogP contribution in [0.25, 0.3) is 0 Å². The van der Waals surface area contributed by atoms with Gasteiger partial charge in [-0.2, -0.15) is 0 Å². The second kappa shape index (κ2) is 7.07.